The Morgan fingerprint density at radius 1 is 1.11 bits per heavy atom. The molecule has 0 spiro atoms. The van der Waals surface area contributed by atoms with E-state index in [4.69, 9.17) is 4.42 Å². The van der Waals surface area contributed by atoms with Crippen molar-refractivity contribution in [2.45, 2.75) is 26.2 Å². The molecule has 2 aromatic heterocycles. The zero-order chi connectivity index (χ0) is 19.3. The Morgan fingerprint density at radius 2 is 1.93 bits per heavy atom. The topological polar surface area (TPSA) is 71.3 Å². The SMILES string of the molecule is CCc1ccccc1NC(=O)C1CCN(c2ccc(-c3ccco3)nn2)CC1. The van der Waals surface area contributed by atoms with Crippen LogP contribution in [0.2, 0.25) is 0 Å². The number of carbonyl (C=O) groups excluding carboxylic acids is 1. The smallest absolute Gasteiger partial charge is 0.227 e. The lowest BCUT2D eigenvalue weighted by Gasteiger charge is -2.32. The van der Waals surface area contributed by atoms with Crippen LogP contribution < -0.4 is 10.2 Å². The summed E-state index contributed by atoms with van der Waals surface area (Å²) >= 11 is 0. The number of aromatic nitrogens is 2. The second-order valence-corrected chi connectivity index (χ2v) is 7.02. The molecule has 1 amide bonds. The maximum atomic E-state index is 12.7. The minimum atomic E-state index is 0.0245. The molecule has 6 nitrogen and oxygen atoms in total. The summed E-state index contributed by atoms with van der Waals surface area (Å²) < 4.78 is 5.35. The molecule has 0 radical (unpaired) electrons. The van der Waals surface area contributed by atoms with Crippen LogP contribution in [0.4, 0.5) is 11.5 Å². The highest BCUT2D eigenvalue weighted by Gasteiger charge is 2.26. The average Bonchev–Trinajstić information content (AvgIpc) is 3.29. The summed E-state index contributed by atoms with van der Waals surface area (Å²) in [7, 11) is 0. The molecule has 1 aromatic carbocycles. The van der Waals surface area contributed by atoms with E-state index in [-0.39, 0.29) is 11.8 Å². The van der Waals surface area contributed by atoms with Crippen molar-refractivity contribution in [3.63, 3.8) is 0 Å². The number of nitrogens with one attached hydrogen (secondary N) is 1. The summed E-state index contributed by atoms with van der Waals surface area (Å²) in [4.78, 5) is 14.9. The number of aryl methyl sites for hydroxylation is 1. The number of amides is 1. The zero-order valence-corrected chi connectivity index (χ0v) is 16.0. The number of nitrogens with zero attached hydrogens (tertiary/aromatic N) is 3. The molecule has 144 valence electrons. The van der Waals surface area contributed by atoms with Gasteiger partial charge in [0, 0.05) is 24.7 Å². The highest BCUT2D eigenvalue weighted by Crippen LogP contribution is 2.25. The first-order valence-corrected chi connectivity index (χ1v) is 9.76. The number of hydrogen-bond donors (Lipinski definition) is 1. The number of hydrogen-bond acceptors (Lipinski definition) is 5. The molecule has 1 aliphatic rings. The van der Waals surface area contributed by atoms with E-state index in [0.29, 0.717) is 5.76 Å². The van der Waals surface area contributed by atoms with Gasteiger partial charge in [0.25, 0.3) is 0 Å². The molecule has 0 unspecified atom stereocenters. The van der Waals surface area contributed by atoms with Crippen molar-refractivity contribution in [1.82, 2.24) is 10.2 Å². The van der Waals surface area contributed by atoms with Crippen molar-refractivity contribution in [3.8, 4) is 11.5 Å². The van der Waals surface area contributed by atoms with Gasteiger partial charge in [-0.2, -0.15) is 0 Å². The highest BCUT2D eigenvalue weighted by molar-refractivity contribution is 5.93. The summed E-state index contributed by atoms with van der Waals surface area (Å²) in [6.07, 6.45) is 4.14. The average molecular weight is 376 g/mol. The molecule has 0 bridgehead atoms. The fraction of sp³-hybridized carbons (Fsp3) is 0.318. The standard InChI is InChI=1S/C22H24N4O2/c1-2-16-6-3-4-7-18(16)23-22(27)17-11-13-26(14-12-17)21-10-9-19(24-25-21)20-8-5-15-28-20/h3-10,15,17H,2,11-14H2,1H3,(H,23,27). The van der Waals surface area contributed by atoms with Gasteiger partial charge in [0.1, 0.15) is 5.69 Å². The van der Waals surface area contributed by atoms with Gasteiger partial charge < -0.3 is 14.6 Å². The van der Waals surface area contributed by atoms with Crippen LogP contribution in [0.25, 0.3) is 11.5 Å². The third-order valence-corrected chi connectivity index (χ3v) is 5.27. The Balaban J connectivity index is 1.34. The Labute approximate surface area is 164 Å². The molecule has 1 fully saturated rings. The largest absolute Gasteiger partial charge is 0.463 e. The quantitative estimate of drug-likeness (QED) is 0.724. The van der Waals surface area contributed by atoms with Crippen LogP contribution in [0, 0.1) is 5.92 Å². The predicted molar refractivity (Wildman–Crippen MR) is 109 cm³/mol. The second-order valence-electron chi connectivity index (χ2n) is 7.02. The van der Waals surface area contributed by atoms with Crippen molar-refractivity contribution < 1.29 is 9.21 Å². The maximum Gasteiger partial charge on any atom is 0.227 e. The number of anilines is 2. The molecule has 28 heavy (non-hydrogen) atoms. The van der Waals surface area contributed by atoms with Gasteiger partial charge in [-0.1, -0.05) is 25.1 Å². The van der Waals surface area contributed by atoms with Crippen molar-refractivity contribution in [1.29, 1.82) is 0 Å². The molecule has 0 aliphatic carbocycles. The van der Waals surface area contributed by atoms with Crippen molar-refractivity contribution in [3.05, 3.63) is 60.4 Å². The molecule has 1 N–H and O–H groups in total. The van der Waals surface area contributed by atoms with E-state index in [2.05, 4.69) is 33.4 Å². The Hall–Kier alpha value is -3.15. The fourth-order valence-corrected chi connectivity index (χ4v) is 3.61. The van der Waals surface area contributed by atoms with Gasteiger partial charge in [-0.15, -0.1) is 10.2 Å². The first kappa shape index (κ1) is 18.2. The number of benzene rings is 1. The van der Waals surface area contributed by atoms with Crippen LogP contribution >= 0.6 is 0 Å². The lowest BCUT2D eigenvalue weighted by molar-refractivity contribution is -0.120. The molecular formula is C22H24N4O2. The summed E-state index contributed by atoms with van der Waals surface area (Å²) in [6.45, 7) is 3.69. The third kappa shape index (κ3) is 3.91. The normalized spacial score (nSPS) is 14.8. The van der Waals surface area contributed by atoms with E-state index in [1.54, 1.807) is 6.26 Å². The van der Waals surface area contributed by atoms with Gasteiger partial charge >= 0.3 is 0 Å². The minimum absolute atomic E-state index is 0.0245. The minimum Gasteiger partial charge on any atom is -0.463 e. The van der Waals surface area contributed by atoms with E-state index in [1.165, 1.54) is 5.56 Å². The summed E-state index contributed by atoms with van der Waals surface area (Å²) in [5, 5.41) is 11.7. The number of piperidine rings is 1. The molecular weight excluding hydrogens is 352 g/mol. The van der Waals surface area contributed by atoms with Crippen LogP contribution in [0.5, 0.6) is 0 Å². The Kier molecular flexibility index (Phi) is 5.37. The van der Waals surface area contributed by atoms with Crippen molar-refractivity contribution in [2.24, 2.45) is 5.92 Å². The summed E-state index contributed by atoms with van der Waals surface area (Å²) in [5.41, 5.74) is 2.81. The molecule has 0 saturated carbocycles. The third-order valence-electron chi connectivity index (χ3n) is 5.27. The predicted octanol–water partition coefficient (Wildman–Crippen LogP) is 4.15. The molecule has 1 saturated heterocycles. The fourth-order valence-electron chi connectivity index (χ4n) is 3.61. The number of furan rings is 1. The summed E-state index contributed by atoms with van der Waals surface area (Å²) in [5.74, 6) is 1.68. The van der Waals surface area contributed by atoms with Gasteiger partial charge in [-0.05, 0) is 55.2 Å². The molecule has 4 rings (SSSR count). The molecule has 3 aromatic rings. The van der Waals surface area contributed by atoms with E-state index in [1.807, 2.05) is 42.5 Å². The lowest BCUT2D eigenvalue weighted by Crippen LogP contribution is -2.38. The highest BCUT2D eigenvalue weighted by atomic mass is 16.3. The van der Waals surface area contributed by atoms with Crippen LogP contribution in [-0.4, -0.2) is 29.2 Å². The van der Waals surface area contributed by atoms with Crippen LogP contribution in [0.15, 0.2) is 59.2 Å². The molecule has 3 heterocycles. The number of rotatable bonds is 5. The van der Waals surface area contributed by atoms with Crippen LogP contribution in [0.3, 0.4) is 0 Å². The van der Waals surface area contributed by atoms with Crippen LogP contribution in [0.1, 0.15) is 25.3 Å². The van der Waals surface area contributed by atoms with E-state index in [0.717, 1.165) is 49.6 Å². The van der Waals surface area contributed by atoms with E-state index >= 15 is 0 Å². The number of carbonyl (C=O) groups is 1. The molecule has 1 aliphatic heterocycles. The lowest BCUT2D eigenvalue weighted by atomic mass is 9.95. The van der Waals surface area contributed by atoms with Gasteiger partial charge in [0.2, 0.25) is 5.91 Å². The number of para-hydroxylation sites is 1. The van der Waals surface area contributed by atoms with Gasteiger partial charge in [-0.3, -0.25) is 4.79 Å². The first-order chi connectivity index (χ1) is 13.7. The van der Waals surface area contributed by atoms with E-state index in [9.17, 15) is 4.79 Å². The molecule has 0 atom stereocenters. The van der Waals surface area contributed by atoms with Gasteiger partial charge in [0.05, 0.1) is 6.26 Å². The molecule has 6 heteroatoms. The van der Waals surface area contributed by atoms with E-state index < -0.39 is 0 Å². The monoisotopic (exact) mass is 376 g/mol. The summed E-state index contributed by atoms with van der Waals surface area (Å²) in [6, 6.07) is 15.6. The van der Waals surface area contributed by atoms with Gasteiger partial charge in [0.15, 0.2) is 11.6 Å². The second kappa shape index (κ2) is 8.25. The van der Waals surface area contributed by atoms with Crippen LogP contribution in [-0.2, 0) is 11.2 Å². The van der Waals surface area contributed by atoms with Crippen molar-refractivity contribution in [2.75, 3.05) is 23.3 Å². The Morgan fingerprint density at radius 3 is 2.61 bits per heavy atom. The Bertz CT molecular complexity index is 914. The maximum absolute atomic E-state index is 12.7. The van der Waals surface area contributed by atoms with Crippen molar-refractivity contribution >= 4 is 17.4 Å². The first-order valence-electron chi connectivity index (χ1n) is 9.76. The van der Waals surface area contributed by atoms with Gasteiger partial charge in [-0.25, -0.2) is 0 Å². The zero-order valence-electron chi connectivity index (χ0n) is 16.0.